The van der Waals surface area contributed by atoms with E-state index in [0.29, 0.717) is 11.4 Å². The third-order valence-corrected chi connectivity index (χ3v) is 6.07. The Labute approximate surface area is 119 Å². The third kappa shape index (κ3) is 2.71. The first-order valence-corrected chi connectivity index (χ1v) is 7.72. The van der Waals surface area contributed by atoms with E-state index in [1.54, 1.807) is 6.92 Å². The van der Waals surface area contributed by atoms with Gasteiger partial charge in [0.15, 0.2) is 0 Å². The lowest BCUT2D eigenvalue weighted by molar-refractivity contribution is 0.0701. The van der Waals surface area contributed by atoms with Gasteiger partial charge in [-0.3, -0.25) is 5.10 Å². The van der Waals surface area contributed by atoms with E-state index in [2.05, 4.69) is 15.2 Å². The van der Waals surface area contributed by atoms with E-state index in [4.69, 9.17) is 5.11 Å². The molecule has 2 aromatic heterocycles. The molecule has 0 aliphatic carbocycles. The van der Waals surface area contributed by atoms with Crippen LogP contribution >= 0.6 is 11.3 Å². The van der Waals surface area contributed by atoms with Gasteiger partial charge >= 0.3 is 5.97 Å². The van der Waals surface area contributed by atoms with Gasteiger partial charge in [-0.15, -0.1) is 11.3 Å². The number of carboxylic acid groups (broad SMARTS) is 1. The van der Waals surface area contributed by atoms with Crippen LogP contribution in [0, 0.1) is 6.92 Å². The largest absolute Gasteiger partial charge is 0.477 e. The van der Waals surface area contributed by atoms with Gasteiger partial charge in [0.1, 0.15) is 21.2 Å². The lowest BCUT2D eigenvalue weighted by Crippen LogP contribution is -2.26. The number of thiophene rings is 1. The van der Waals surface area contributed by atoms with Crippen LogP contribution < -0.4 is 0 Å². The molecule has 0 unspecified atom stereocenters. The summed E-state index contributed by atoms with van der Waals surface area (Å²) in [5, 5.41) is 15.2. The molecule has 0 saturated carbocycles. The minimum Gasteiger partial charge on any atom is -0.477 e. The van der Waals surface area contributed by atoms with E-state index < -0.39 is 16.0 Å². The minimum absolute atomic E-state index is 0.00517. The van der Waals surface area contributed by atoms with Crippen molar-refractivity contribution in [3.05, 3.63) is 28.7 Å². The molecule has 108 valence electrons. The number of aromatic amines is 1. The van der Waals surface area contributed by atoms with E-state index in [1.165, 1.54) is 19.4 Å². The fourth-order valence-electron chi connectivity index (χ4n) is 1.55. The first kappa shape index (κ1) is 14.6. The molecule has 0 spiro atoms. The topological polar surface area (TPSA) is 116 Å². The lowest BCUT2D eigenvalue weighted by Gasteiger charge is -2.13. The highest BCUT2D eigenvalue weighted by atomic mass is 32.2. The number of hydrogen-bond donors (Lipinski definition) is 2. The molecule has 2 aromatic rings. The highest BCUT2D eigenvalue weighted by Gasteiger charge is 2.26. The number of aromatic carboxylic acids is 1. The summed E-state index contributed by atoms with van der Waals surface area (Å²) in [7, 11) is -2.35. The van der Waals surface area contributed by atoms with Crippen molar-refractivity contribution >= 4 is 27.3 Å². The van der Waals surface area contributed by atoms with E-state index in [0.717, 1.165) is 15.6 Å². The maximum Gasteiger partial charge on any atom is 0.346 e. The molecule has 10 heteroatoms. The SMILES string of the molecule is Cc1cc(S(=O)(=O)N(C)Cc2ncn[nH]2)sc1C(=O)O. The quantitative estimate of drug-likeness (QED) is 0.838. The van der Waals surface area contributed by atoms with Gasteiger partial charge in [0.2, 0.25) is 0 Å². The smallest absolute Gasteiger partial charge is 0.346 e. The Morgan fingerprint density at radius 3 is 2.75 bits per heavy atom. The van der Waals surface area contributed by atoms with Crippen LogP contribution in [0.25, 0.3) is 0 Å². The number of nitrogens with one attached hydrogen (secondary N) is 1. The Morgan fingerprint density at radius 2 is 2.25 bits per heavy atom. The number of aryl methyl sites for hydroxylation is 1. The zero-order valence-corrected chi connectivity index (χ0v) is 12.3. The molecule has 0 aromatic carbocycles. The van der Waals surface area contributed by atoms with Crippen molar-refractivity contribution in [1.82, 2.24) is 19.5 Å². The van der Waals surface area contributed by atoms with E-state index in [-0.39, 0.29) is 15.6 Å². The van der Waals surface area contributed by atoms with Crippen molar-refractivity contribution in [3.63, 3.8) is 0 Å². The Balaban J connectivity index is 2.30. The molecule has 0 radical (unpaired) electrons. The summed E-state index contributed by atoms with van der Waals surface area (Å²) >= 11 is 0.740. The van der Waals surface area contributed by atoms with Crippen molar-refractivity contribution in [2.75, 3.05) is 7.05 Å². The Kier molecular flexibility index (Phi) is 3.88. The van der Waals surface area contributed by atoms with Gasteiger partial charge in [-0.25, -0.2) is 18.2 Å². The summed E-state index contributed by atoms with van der Waals surface area (Å²) < 4.78 is 25.7. The van der Waals surface area contributed by atoms with Gasteiger partial charge in [0.25, 0.3) is 10.0 Å². The second-order valence-electron chi connectivity index (χ2n) is 4.08. The Morgan fingerprint density at radius 1 is 1.55 bits per heavy atom. The molecule has 2 rings (SSSR count). The van der Waals surface area contributed by atoms with E-state index >= 15 is 0 Å². The number of carbonyl (C=O) groups is 1. The normalized spacial score (nSPS) is 11.9. The van der Waals surface area contributed by atoms with Crippen molar-refractivity contribution in [2.45, 2.75) is 17.7 Å². The summed E-state index contributed by atoms with van der Waals surface area (Å²) in [4.78, 5) is 14.8. The molecule has 0 aliphatic heterocycles. The summed E-state index contributed by atoms with van der Waals surface area (Å²) in [6.07, 6.45) is 1.29. The molecule has 0 atom stereocenters. The van der Waals surface area contributed by atoms with Crippen LogP contribution in [0.1, 0.15) is 21.1 Å². The average Bonchev–Trinajstić information content (AvgIpc) is 2.98. The van der Waals surface area contributed by atoms with Crippen molar-refractivity contribution < 1.29 is 18.3 Å². The van der Waals surface area contributed by atoms with E-state index in [1.807, 2.05) is 0 Å². The second-order valence-corrected chi connectivity index (χ2v) is 7.40. The molecule has 0 aliphatic rings. The third-order valence-electron chi connectivity index (χ3n) is 2.59. The highest BCUT2D eigenvalue weighted by Crippen LogP contribution is 2.28. The number of rotatable bonds is 5. The molecule has 0 bridgehead atoms. The predicted octanol–water partition coefficient (Wildman–Crippen LogP) is 0.694. The Bertz CT molecular complexity index is 721. The molecular formula is C10H12N4O4S2. The molecule has 0 amide bonds. The number of nitrogens with zero attached hydrogens (tertiary/aromatic N) is 3. The standard InChI is InChI=1S/C10H12N4O4S2/c1-6-3-8(19-9(6)10(15)16)20(17,18)14(2)4-7-11-5-12-13-7/h3,5H,4H2,1-2H3,(H,15,16)(H,11,12,13). The number of aromatic nitrogens is 3. The van der Waals surface area contributed by atoms with Crippen LogP contribution in [0.15, 0.2) is 16.6 Å². The van der Waals surface area contributed by atoms with Crippen LogP contribution in [0.3, 0.4) is 0 Å². The maximum absolute atomic E-state index is 12.3. The van der Waals surface area contributed by atoms with Gasteiger partial charge in [-0.1, -0.05) is 0 Å². The molecule has 0 fully saturated rings. The van der Waals surface area contributed by atoms with Gasteiger partial charge in [0, 0.05) is 7.05 Å². The van der Waals surface area contributed by atoms with Crippen LogP contribution in [0.5, 0.6) is 0 Å². The zero-order chi connectivity index (χ0) is 14.9. The van der Waals surface area contributed by atoms with Crippen molar-refractivity contribution in [3.8, 4) is 0 Å². The fourth-order valence-corrected chi connectivity index (χ4v) is 4.27. The molecule has 2 N–H and O–H groups in total. The van der Waals surface area contributed by atoms with Crippen LogP contribution in [-0.2, 0) is 16.6 Å². The first-order valence-electron chi connectivity index (χ1n) is 5.46. The van der Waals surface area contributed by atoms with Gasteiger partial charge in [-0.2, -0.15) is 9.40 Å². The number of hydrogen-bond acceptors (Lipinski definition) is 6. The molecular weight excluding hydrogens is 304 g/mol. The summed E-state index contributed by atoms with van der Waals surface area (Å²) in [6.45, 7) is 1.59. The number of H-pyrrole nitrogens is 1. The van der Waals surface area contributed by atoms with Crippen molar-refractivity contribution in [2.24, 2.45) is 0 Å². The second kappa shape index (κ2) is 5.31. The first-order chi connectivity index (χ1) is 9.32. The lowest BCUT2D eigenvalue weighted by atomic mass is 10.3. The minimum atomic E-state index is -3.75. The monoisotopic (exact) mass is 316 g/mol. The summed E-state index contributed by atoms with van der Waals surface area (Å²) in [6, 6.07) is 1.36. The predicted molar refractivity (Wildman–Crippen MR) is 71.1 cm³/mol. The van der Waals surface area contributed by atoms with Crippen molar-refractivity contribution in [1.29, 1.82) is 0 Å². The summed E-state index contributed by atoms with van der Waals surface area (Å²) in [5.74, 6) is -0.727. The Hall–Kier alpha value is -1.78. The number of carboxylic acids is 1. The highest BCUT2D eigenvalue weighted by molar-refractivity contribution is 7.91. The molecule has 0 saturated heterocycles. The zero-order valence-electron chi connectivity index (χ0n) is 10.7. The molecule has 20 heavy (non-hydrogen) atoms. The maximum atomic E-state index is 12.3. The van der Waals surface area contributed by atoms with Gasteiger partial charge < -0.3 is 5.11 Å². The van der Waals surface area contributed by atoms with Gasteiger partial charge in [-0.05, 0) is 18.6 Å². The van der Waals surface area contributed by atoms with Crippen LogP contribution in [-0.4, -0.2) is 46.0 Å². The molecule has 2 heterocycles. The summed E-state index contributed by atoms with van der Waals surface area (Å²) in [5.41, 5.74) is 0.425. The van der Waals surface area contributed by atoms with Crippen LogP contribution in [0.4, 0.5) is 0 Å². The average molecular weight is 316 g/mol. The molecule has 8 nitrogen and oxygen atoms in total. The fraction of sp³-hybridized carbons (Fsp3) is 0.300. The van der Waals surface area contributed by atoms with Crippen LogP contribution in [0.2, 0.25) is 0 Å². The number of sulfonamides is 1. The van der Waals surface area contributed by atoms with Gasteiger partial charge in [0.05, 0.1) is 6.54 Å². The van der Waals surface area contributed by atoms with E-state index in [9.17, 15) is 13.2 Å².